The van der Waals surface area contributed by atoms with Gasteiger partial charge in [-0.05, 0) is 36.6 Å². The number of likely N-dealkylation sites (tertiary alicyclic amines) is 1. The normalized spacial score (nSPS) is 15.7. The molecule has 3 nitrogen and oxygen atoms in total. The molecular weight excluding hydrogens is 432 g/mol. The largest absolute Gasteiger partial charge is 0.391 e. The molecule has 2 aromatic rings. The zero-order valence-corrected chi connectivity index (χ0v) is 17.0. The highest BCUT2D eigenvalue weighted by Gasteiger charge is 2.41. The van der Waals surface area contributed by atoms with Crippen LogP contribution in [0.2, 0.25) is 10.0 Å². The summed E-state index contributed by atoms with van der Waals surface area (Å²) in [4.78, 5) is 19.0. The third-order valence-electron chi connectivity index (χ3n) is 4.59. The lowest BCUT2D eigenvalue weighted by Gasteiger charge is -2.32. The third kappa shape index (κ3) is 5.13. The van der Waals surface area contributed by atoms with Gasteiger partial charge in [-0.15, -0.1) is 11.8 Å². The average molecular weight is 449 g/mol. The zero-order valence-electron chi connectivity index (χ0n) is 14.7. The molecule has 150 valence electrons. The lowest BCUT2D eigenvalue weighted by atomic mass is 9.96. The van der Waals surface area contributed by atoms with Gasteiger partial charge >= 0.3 is 6.18 Å². The van der Waals surface area contributed by atoms with Crippen LogP contribution in [0.5, 0.6) is 0 Å². The van der Waals surface area contributed by atoms with Crippen molar-refractivity contribution in [2.24, 2.45) is 5.92 Å². The lowest BCUT2D eigenvalue weighted by Crippen LogP contribution is -2.42. The van der Waals surface area contributed by atoms with Crippen LogP contribution in [0.3, 0.4) is 0 Å². The van der Waals surface area contributed by atoms with E-state index in [4.69, 9.17) is 23.2 Å². The third-order valence-corrected chi connectivity index (χ3v) is 6.65. The van der Waals surface area contributed by atoms with Crippen molar-refractivity contribution in [2.75, 3.05) is 13.1 Å². The van der Waals surface area contributed by atoms with Crippen molar-refractivity contribution >= 4 is 40.9 Å². The molecule has 1 amide bonds. The zero-order chi connectivity index (χ0) is 20.3. The van der Waals surface area contributed by atoms with Gasteiger partial charge < -0.3 is 4.90 Å². The van der Waals surface area contributed by atoms with Crippen LogP contribution in [0.4, 0.5) is 13.2 Å². The van der Waals surface area contributed by atoms with Crippen LogP contribution in [0.1, 0.15) is 28.8 Å². The first-order valence-electron chi connectivity index (χ1n) is 8.62. The maximum atomic E-state index is 12.8. The summed E-state index contributed by atoms with van der Waals surface area (Å²) in [7, 11) is 0. The summed E-state index contributed by atoms with van der Waals surface area (Å²) in [5, 5.41) is 1.09. The number of carbonyl (C=O) groups is 1. The Labute approximate surface area is 175 Å². The molecule has 1 aromatic heterocycles. The summed E-state index contributed by atoms with van der Waals surface area (Å²) in [6.45, 7) is 0.189. The number of carbonyl (C=O) groups excluding carboxylic acids is 1. The Hall–Kier alpha value is -1.44. The number of thioether (sulfide) groups is 1. The molecule has 1 saturated heterocycles. The number of nitrogens with zero attached hydrogens (tertiary/aromatic N) is 2. The topological polar surface area (TPSA) is 33.2 Å². The molecule has 0 radical (unpaired) electrons. The second-order valence-corrected chi connectivity index (χ2v) is 8.33. The number of pyridine rings is 1. The maximum Gasteiger partial charge on any atom is 0.391 e. The first kappa shape index (κ1) is 21.3. The first-order valence-corrected chi connectivity index (χ1v) is 10.4. The molecule has 28 heavy (non-hydrogen) atoms. The number of piperidine rings is 1. The van der Waals surface area contributed by atoms with E-state index >= 15 is 0 Å². The van der Waals surface area contributed by atoms with Gasteiger partial charge in [-0.3, -0.25) is 9.78 Å². The van der Waals surface area contributed by atoms with Gasteiger partial charge in [0, 0.05) is 36.1 Å². The van der Waals surface area contributed by atoms with Gasteiger partial charge in [-0.25, -0.2) is 0 Å². The molecule has 0 saturated carbocycles. The number of alkyl halides is 3. The number of aromatic nitrogens is 1. The van der Waals surface area contributed by atoms with E-state index in [2.05, 4.69) is 4.98 Å². The van der Waals surface area contributed by atoms with Crippen molar-refractivity contribution < 1.29 is 18.0 Å². The molecule has 9 heteroatoms. The number of rotatable bonds is 4. The highest BCUT2D eigenvalue weighted by molar-refractivity contribution is 7.98. The van der Waals surface area contributed by atoms with Gasteiger partial charge in [0.05, 0.1) is 21.5 Å². The molecule has 0 bridgehead atoms. The van der Waals surface area contributed by atoms with Crippen LogP contribution >= 0.6 is 35.0 Å². The van der Waals surface area contributed by atoms with Gasteiger partial charge in [-0.1, -0.05) is 29.3 Å². The Morgan fingerprint density at radius 3 is 2.43 bits per heavy atom. The Morgan fingerprint density at radius 1 is 1.18 bits per heavy atom. The van der Waals surface area contributed by atoms with Crippen LogP contribution in [0.25, 0.3) is 0 Å². The van der Waals surface area contributed by atoms with E-state index in [1.165, 1.54) is 22.9 Å². The van der Waals surface area contributed by atoms with E-state index in [-0.39, 0.29) is 31.8 Å². The number of amides is 1. The highest BCUT2D eigenvalue weighted by Crippen LogP contribution is 2.36. The molecule has 1 aliphatic rings. The molecule has 0 unspecified atom stereocenters. The van der Waals surface area contributed by atoms with Gasteiger partial charge in [0.25, 0.3) is 5.91 Å². The Kier molecular flexibility index (Phi) is 6.78. The molecule has 1 aromatic carbocycles. The highest BCUT2D eigenvalue weighted by atomic mass is 35.5. The maximum absolute atomic E-state index is 12.8. The van der Waals surface area contributed by atoms with Gasteiger partial charge in [-0.2, -0.15) is 13.2 Å². The van der Waals surface area contributed by atoms with E-state index in [1.54, 1.807) is 30.5 Å². The fraction of sp³-hybridized carbons (Fsp3) is 0.368. The SMILES string of the molecule is O=C(c1cncc(CSc2c(Cl)cccc2Cl)c1)N1CCC(C(F)(F)F)CC1. The number of hydrogen-bond acceptors (Lipinski definition) is 3. The summed E-state index contributed by atoms with van der Waals surface area (Å²) in [5.41, 5.74) is 1.17. The number of halogens is 5. The molecule has 0 spiro atoms. The smallest absolute Gasteiger partial charge is 0.339 e. The molecule has 0 N–H and O–H groups in total. The van der Waals surface area contributed by atoms with E-state index < -0.39 is 12.1 Å². The van der Waals surface area contributed by atoms with Gasteiger partial charge in [0.1, 0.15) is 0 Å². The van der Waals surface area contributed by atoms with Crippen molar-refractivity contribution in [3.8, 4) is 0 Å². The predicted molar refractivity (Wildman–Crippen MR) is 105 cm³/mol. The quantitative estimate of drug-likeness (QED) is 0.530. The van der Waals surface area contributed by atoms with Crippen molar-refractivity contribution in [3.63, 3.8) is 0 Å². The Balaban J connectivity index is 1.64. The molecular formula is C19H17Cl2F3N2OS. The second-order valence-electron chi connectivity index (χ2n) is 6.53. The van der Waals surface area contributed by atoms with Gasteiger partial charge in [0.15, 0.2) is 0 Å². The van der Waals surface area contributed by atoms with E-state index in [0.717, 1.165) is 10.5 Å². The minimum Gasteiger partial charge on any atom is -0.339 e. The first-order chi connectivity index (χ1) is 13.3. The standard InChI is InChI=1S/C19H17Cl2F3N2OS/c20-15-2-1-3-16(21)17(15)28-11-12-8-13(10-25-9-12)18(27)26-6-4-14(5-7-26)19(22,23)24/h1-3,8-10,14H,4-7,11H2. The number of benzene rings is 1. The van der Waals surface area contributed by atoms with Gasteiger partial charge in [0.2, 0.25) is 0 Å². The van der Waals surface area contributed by atoms with E-state index in [9.17, 15) is 18.0 Å². The van der Waals surface area contributed by atoms with Crippen LogP contribution < -0.4 is 0 Å². The fourth-order valence-corrected chi connectivity index (χ4v) is 4.66. The Bertz CT molecular complexity index is 835. The molecule has 1 fully saturated rings. The molecule has 1 aliphatic heterocycles. The fourth-order valence-electron chi connectivity index (χ4n) is 3.05. The summed E-state index contributed by atoms with van der Waals surface area (Å²) in [5.74, 6) is -1.12. The Morgan fingerprint density at radius 2 is 1.82 bits per heavy atom. The monoisotopic (exact) mass is 448 g/mol. The van der Waals surface area contributed by atoms with Crippen molar-refractivity contribution in [1.29, 1.82) is 0 Å². The summed E-state index contributed by atoms with van der Waals surface area (Å²) in [6, 6.07) is 6.97. The average Bonchev–Trinajstić information content (AvgIpc) is 2.67. The summed E-state index contributed by atoms with van der Waals surface area (Å²) in [6.07, 6.45) is -1.25. The minimum atomic E-state index is -4.20. The summed E-state index contributed by atoms with van der Waals surface area (Å²) < 4.78 is 38.4. The van der Waals surface area contributed by atoms with Crippen LogP contribution in [-0.2, 0) is 5.75 Å². The molecule has 3 rings (SSSR count). The van der Waals surface area contributed by atoms with Crippen molar-refractivity contribution in [2.45, 2.75) is 29.7 Å². The van der Waals surface area contributed by atoms with Crippen LogP contribution in [-0.4, -0.2) is 35.1 Å². The van der Waals surface area contributed by atoms with Crippen LogP contribution in [0.15, 0.2) is 41.6 Å². The van der Waals surface area contributed by atoms with Crippen molar-refractivity contribution in [1.82, 2.24) is 9.88 Å². The summed E-state index contributed by atoms with van der Waals surface area (Å²) >= 11 is 13.8. The van der Waals surface area contributed by atoms with Crippen LogP contribution in [0, 0.1) is 5.92 Å². The molecule has 0 atom stereocenters. The minimum absolute atomic E-state index is 0.0663. The van der Waals surface area contributed by atoms with Crippen molar-refractivity contribution in [3.05, 3.63) is 57.8 Å². The van der Waals surface area contributed by atoms with E-state index in [0.29, 0.717) is 21.4 Å². The lowest BCUT2D eigenvalue weighted by molar-refractivity contribution is -0.183. The molecule has 0 aliphatic carbocycles. The molecule has 2 heterocycles. The van der Waals surface area contributed by atoms with E-state index in [1.807, 2.05) is 0 Å². The second kappa shape index (κ2) is 8.93. The predicted octanol–water partition coefficient (Wildman–Crippen LogP) is 6.10. The number of hydrogen-bond donors (Lipinski definition) is 0.